The van der Waals surface area contributed by atoms with Crippen LogP contribution in [0.15, 0.2) is 64.0 Å². The number of nitrogens with zero attached hydrogens (tertiary/aromatic N) is 2. The number of benzene rings is 2. The second kappa shape index (κ2) is 6.84. The van der Waals surface area contributed by atoms with E-state index in [1.165, 1.54) is 54.6 Å². The molecule has 10 heteroatoms. The topological polar surface area (TPSA) is 125 Å². The highest BCUT2D eigenvalue weighted by Gasteiger charge is 2.16. The van der Waals surface area contributed by atoms with Crippen molar-refractivity contribution in [3.63, 3.8) is 0 Å². The first-order valence-corrected chi connectivity index (χ1v) is 8.80. The van der Waals surface area contributed by atoms with Crippen molar-refractivity contribution in [2.24, 2.45) is 0 Å². The van der Waals surface area contributed by atoms with Crippen LogP contribution < -0.4 is 9.46 Å². The Morgan fingerprint density at radius 3 is 2.15 bits per heavy atom. The summed E-state index contributed by atoms with van der Waals surface area (Å²) in [6.45, 7) is 1.65. The molecule has 0 fully saturated rings. The number of nitro groups is 1. The van der Waals surface area contributed by atoms with E-state index in [2.05, 4.69) is 9.88 Å². The normalized spacial score (nSPS) is 11.1. The van der Waals surface area contributed by atoms with Crippen molar-refractivity contribution in [3.05, 3.63) is 70.5 Å². The third kappa shape index (κ3) is 3.98. The molecule has 1 heterocycles. The van der Waals surface area contributed by atoms with Crippen LogP contribution in [0.5, 0.6) is 11.5 Å². The van der Waals surface area contributed by atoms with Crippen LogP contribution in [0, 0.1) is 17.0 Å². The van der Waals surface area contributed by atoms with Gasteiger partial charge in [0.15, 0.2) is 5.82 Å². The first-order chi connectivity index (χ1) is 12.3. The first kappa shape index (κ1) is 17.4. The highest BCUT2D eigenvalue weighted by Crippen LogP contribution is 2.25. The van der Waals surface area contributed by atoms with Crippen LogP contribution in [0.4, 0.5) is 11.5 Å². The average molecular weight is 375 g/mol. The van der Waals surface area contributed by atoms with Gasteiger partial charge < -0.3 is 9.26 Å². The Balaban J connectivity index is 1.72. The Bertz CT molecular complexity index is 1030. The molecule has 0 spiro atoms. The molecule has 0 aliphatic rings. The van der Waals surface area contributed by atoms with E-state index in [0.717, 1.165) is 0 Å². The van der Waals surface area contributed by atoms with Gasteiger partial charge in [0.1, 0.15) is 17.3 Å². The van der Waals surface area contributed by atoms with Crippen LogP contribution in [-0.4, -0.2) is 18.5 Å². The summed E-state index contributed by atoms with van der Waals surface area (Å²) in [4.78, 5) is 10.1. The Kier molecular flexibility index (Phi) is 4.59. The SMILES string of the molecule is Cc1cc(NS(=O)(=O)c2ccc(Oc3ccc([N+](=O)[O-])cc3)cc2)no1. The first-order valence-electron chi connectivity index (χ1n) is 7.32. The van der Waals surface area contributed by atoms with Gasteiger partial charge >= 0.3 is 0 Å². The number of hydrogen-bond donors (Lipinski definition) is 1. The molecule has 134 valence electrons. The molecule has 9 nitrogen and oxygen atoms in total. The summed E-state index contributed by atoms with van der Waals surface area (Å²) in [5.41, 5.74) is -0.0482. The predicted molar refractivity (Wildman–Crippen MR) is 91.7 cm³/mol. The lowest BCUT2D eigenvalue weighted by atomic mass is 10.3. The zero-order chi connectivity index (χ0) is 18.7. The van der Waals surface area contributed by atoms with Crippen molar-refractivity contribution in [3.8, 4) is 11.5 Å². The Hall–Kier alpha value is -3.40. The zero-order valence-corrected chi connectivity index (χ0v) is 14.3. The van der Waals surface area contributed by atoms with Crippen molar-refractivity contribution in [2.45, 2.75) is 11.8 Å². The number of sulfonamides is 1. The highest BCUT2D eigenvalue weighted by atomic mass is 32.2. The number of aromatic nitrogens is 1. The van der Waals surface area contributed by atoms with Gasteiger partial charge in [0.25, 0.3) is 15.7 Å². The van der Waals surface area contributed by atoms with Crippen molar-refractivity contribution in [2.75, 3.05) is 4.72 Å². The third-order valence-corrected chi connectivity index (χ3v) is 4.65. The summed E-state index contributed by atoms with van der Waals surface area (Å²) in [6.07, 6.45) is 0. The van der Waals surface area contributed by atoms with Crippen LogP contribution in [0.2, 0.25) is 0 Å². The molecule has 1 aromatic heterocycles. The van der Waals surface area contributed by atoms with Gasteiger partial charge in [-0.15, -0.1) is 0 Å². The molecule has 3 aromatic rings. The molecule has 2 aromatic carbocycles. The second-order valence-corrected chi connectivity index (χ2v) is 6.94. The van der Waals surface area contributed by atoms with Crippen LogP contribution in [0.3, 0.4) is 0 Å². The second-order valence-electron chi connectivity index (χ2n) is 5.25. The van der Waals surface area contributed by atoms with Gasteiger partial charge in [0.2, 0.25) is 0 Å². The number of anilines is 1. The minimum absolute atomic E-state index is 0.0224. The van der Waals surface area contributed by atoms with Gasteiger partial charge in [-0.2, -0.15) is 0 Å². The van der Waals surface area contributed by atoms with Crippen LogP contribution in [0.25, 0.3) is 0 Å². The van der Waals surface area contributed by atoms with E-state index in [4.69, 9.17) is 9.26 Å². The van der Waals surface area contributed by atoms with E-state index in [0.29, 0.717) is 17.3 Å². The molecule has 0 amide bonds. The number of nitrogens with one attached hydrogen (secondary N) is 1. The molecule has 0 bridgehead atoms. The number of nitro benzene ring substituents is 1. The summed E-state index contributed by atoms with van der Waals surface area (Å²) < 4.78 is 37.2. The third-order valence-electron chi connectivity index (χ3n) is 3.28. The molecule has 0 aliphatic carbocycles. The molecule has 0 aliphatic heterocycles. The van der Waals surface area contributed by atoms with Gasteiger partial charge in [-0.1, -0.05) is 5.16 Å². The largest absolute Gasteiger partial charge is 0.457 e. The summed E-state index contributed by atoms with van der Waals surface area (Å²) in [5, 5.41) is 14.2. The van der Waals surface area contributed by atoms with Gasteiger partial charge in [-0.3, -0.25) is 14.8 Å². The zero-order valence-electron chi connectivity index (χ0n) is 13.4. The summed E-state index contributed by atoms with van der Waals surface area (Å²) in [5.74, 6) is 1.35. The van der Waals surface area contributed by atoms with Crippen molar-refractivity contribution in [1.82, 2.24) is 5.16 Å². The van der Waals surface area contributed by atoms with Crippen LogP contribution >= 0.6 is 0 Å². The molecule has 0 saturated heterocycles. The minimum Gasteiger partial charge on any atom is -0.457 e. The molecule has 0 radical (unpaired) electrons. The van der Waals surface area contributed by atoms with E-state index < -0.39 is 14.9 Å². The molecule has 26 heavy (non-hydrogen) atoms. The van der Waals surface area contributed by atoms with E-state index in [-0.39, 0.29) is 16.4 Å². The lowest BCUT2D eigenvalue weighted by Crippen LogP contribution is -2.12. The fourth-order valence-electron chi connectivity index (χ4n) is 2.07. The van der Waals surface area contributed by atoms with Crippen molar-refractivity contribution >= 4 is 21.5 Å². The summed E-state index contributed by atoms with van der Waals surface area (Å²) >= 11 is 0. The van der Waals surface area contributed by atoms with E-state index >= 15 is 0 Å². The predicted octanol–water partition coefficient (Wildman–Crippen LogP) is 3.48. The monoisotopic (exact) mass is 375 g/mol. The van der Waals surface area contributed by atoms with Crippen LogP contribution in [-0.2, 0) is 10.0 Å². The number of non-ortho nitro benzene ring substituents is 1. The summed E-state index contributed by atoms with van der Waals surface area (Å²) in [6, 6.07) is 12.7. The number of aryl methyl sites for hydroxylation is 1. The van der Waals surface area contributed by atoms with Gasteiger partial charge in [-0.25, -0.2) is 8.42 Å². The number of hydrogen-bond acceptors (Lipinski definition) is 7. The highest BCUT2D eigenvalue weighted by molar-refractivity contribution is 7.92. The van der Waals surface area contributed by atoms with Gasteiger partial charge in [0, 0.05) is 18.2 Å². The van der Waals surface area contributed by atoms with Gasteiger partial charge in [0.05, 0.1) is 9.82 Å². The van der Waals surface area contributed by atoms with Crippen molar-refractivity contribution < 1.29 is 22.6 Å². The molecule has 1 N–H and O–H groups in total. The quantitative estimate of drug-likeness (QED) is 0.516. The Labute approximate surface area is 148 Å². The Morgan fingerprint density at radius 1 is 1.08 bits per heavy atom. The average Bonchev–Trinajstić information content (AvgIpc) is 3.00. The number of ether oxygens (including phenoxy) is 1. The summed E-state index contributed by atoms with van der Waals surface area (Å²) in [7, 11) is -3.81. The molecule has 0 atom stereocenters. The van der Waals surface area contributed by atoms with E-state index in [1.54, 1.807) is 6.92 Å². The number of rotatable bonds is 6. The Morgan fingerprint density at radius 2 is 1.65 bits per heavy atom. The standard InChI is InChI=1S/C16H13N3O6S/c1-11-10-16(17-25-11)18-26(22,23)15-8-6-14(7-9-15)24-13-4-2-12(3-5-13)19(20)21/h2-10H,1H3,(H,17,18). The fourth-order valence-corrected chi connectivity index (χ4v) is 3.05. The molecule has 3 rings (SSSR count). The van der Waals surface area contributed by atoms with Crippen LogP contribution in [0.1, 0.15) is 5.76 Å². The maximum Gasteiger partial charge on any atom is 0.269 e. The minimum atomic E-state index is -3.81. The van der Waals surface area contributed by atoms with E-state index in [9.17, 15) is 18.5 Å². The molecule has 0 unspecified atom stereocenters. The van der Waals surface area contributed by atoms with Gasteiger partial charge in [-0.05, 0) is 43.3 Å². The maximum absolute atomic E-state index is 12.3. The van der Waals surface area contributed by atoms with E-state index in [1.807, 2.05) is 0 Å². The molecule has 0 saturated carbocycles. The maximum atomic E-state index is 12.3. The molecular weight excluding hydrogens is 362 g/mol. The smallest absolute Gasteiger partial charge is 0.269 e. The lowest BCUT2D eigenvalue weighted by molar-refractivity contribution is -0.384. The van der Waals surface area contributed by atoms with Crippen molar-refractivity contribution in [1.29, 1.82) is 0 Å². The lowest BCUT2D eigenvalue weighted by Gasteiger charge is -2.08. The fraction of sp³-hybridized carbons (Fsp3) is 0.0625. The molecular formula is C16H13N3O6S.